The van der Waals surface area contributed by atoms with Crippen molar-refractivity contribution in [3.63, 3.8) is 0 Å². The smallest absolute Gasteiger partial charge is 0.0701 e. The van der Waals surface area contributed by atoms with Crippen LogP contribution in [0.2, 0.25) is 0 Å². The van der Waals surface area contributed by atoms with Crippen molar-refractivity contribution in [2.75, 3.05) is 6.54 Å². The first-order valence-corrected chi connectivity index (χ1v) is 8.42. The van der Waals surface area contributed by atoms with Crippen LogP contribution in [0.4, 0.5) is 0 Å². The van der Waals surface area contributed by atoms with Gasteiger partial charge in [0.05, 0.1) is 9.39 Å². The third-order valence-corrected chi connectivity index (χ3v) is 5.36. The summed E-state index contributed by atoms with van der Waals surface area (Å²) in [5.74, 6) is 0. The SMILES string of the molecule is CCCNC1CCC(O)(Cc2ccc(Br)s2)CC1. The Kier molecular flexibility index (Phi) is 5.24. The largest absolute Gasteiger partial charge is 0.390 e. The maximum Gasteiger partial charge on any atom is 0.0701 e. The first-order chi connectivity index (χ1) is 8.61. The summed E-state index contributed by atoms with van der Waals surface area (Å²) in [4.78, 5) is 1.28. The molecule has 1 aliphatic carbocycles. The molecule has 0 aromatic carbocycles. The van der Waals surface area contributed by atoms with Gasteiger partial charge in [-0.15, -0.1) is 11.3 Å². The van der Waals surface area contributed by atoms with Crippen LogP contribution in [-0.4, -0.2) is 23.3 Å². The Bertz CT molecular complexity index is 372. The fraction of sp³-hybridized carbons (Fsp3) is 0.714. The van der Waals surface area contributed by atoms with Crippen LogP contribution >= 0.6 is 27.3 Å². The zero-order chi connectivity index (χ0) is 13.0. The first-order valence-electron chi connectivity index (χ1n) is 6.81. The molecule has 0 aliphatic heterocycles. The second-order valence-corrected chi connectivity index (χ2v) is 7.88. The molecule has 2 nitrogen and oxygen atoms in total. The molecule has 0 unspecified atom stereocenters. The van der Waals surface area contributed by atoms with Crippen molar-refractivity contribution >= 4 is 27.3 Å². The summed E-state index contributed by atoms with van der Waals surface area (Å²) in [7, 11) is 0. The number of rotatable bonds is 5. The van der Waals surface area contributed by atoms with E-state index in [2.05, 4.69) is 40.3 Å². The summed E-state index contributed by atoms with van der Waals surface area (Å²) in [6, 6.07) is 4.80. The number of nitrogens with one attached hydrogen (secondary N) is 1. The Labute approximate surface area is 122 Å². The average molecular weight is 332 g/mol. The Morgan fingerprint density at radius 3 is 2.72 bits per heavy atom. The standard InChI is InChI=1S/C14H22BrNOS/c1-2-9-16-11-5-7-14(17,8-6-11)10-12-3-4-13(15)18-12/h3-4,11,16-17H,2,5-10H2,1H3. The second kappa shape index (κ2) is 6.51. The lowest BCUT2D eigenvalue weighted by molar-refractivity contribution is -0.00239. The normalized spacial score (nSPS) is 28.5. The van der Waals surface area contributed by atoms with Crippen molar-refractivity contribution < 1.29 is 5.11 Å². The van der Waals surface area contributed by atoms with E-state index in [-0.39, 0.29) is 0 Å². The molecule has 1 aromatic heterocycles. The van der Waals surface area contributed by atoms with E-state index < -0.39 is 5.60 Å². The molecule has 0 radical (unpaired) electrons. The first kappa shape index (κ1) is 14.5. The molecule has 0 spiro atoms. The van der Waals surface area contributed by atoms with Crippen molar-refractivity contribution in [1.82, 2.24) is 5.32 Å². The Morgan fingerprint density at radius 1 is 1.44 bits per heavy atom. The van der Waals surface area contributed by atoms with E-state index in [0.717, 1.165) is 42.4 Å². The zero-order valence-corrected chi connectivity index (χ0v) is 13.3. The predicted molar refractivity (Wildman–Crippen MR) is 81.2 cm³/mol. The minimum absolute atomic E-state index is 0.477. The molecule has 0 atom stereocenters. The highest BCUT2D eigenvalue weighted by atomic mass is 79.9. The van der Waals surface area contributed by atoms with E-state index in [9.17, 15) is 5.11 Å². The molecule has 1 fully saturated rings. The summed E-state index contributed by atoms with van der Waals surface area (Å²) >= 11 is 5.22. The van der Waals surface area contributed by atoms with Crippen LogP contribution < -0.4 is 5.32 Å². The molecular formula is C14H22BrNOS. The Hall–Kier alpha value is 0.1000. The maximum atomic E-state index is 10.6. The lowest BCUT2D eigenvalue weighted by atomic mass is 9.80. The third-order valence-electron chi connectivity index (χ3n) is 3.73. The molecular weight excluding hydrogens is 310 g/mol. The van der Waals surface area contributed by atoms with E-state index in [1.807, 2.05) is 0 Å². The maximum absolute atomic E-state index is 10.6. The van der Waals surface area contributed by atoms with Gasteiger partial charge >= 0.3 is 0 Å². The van der Waals surface area contributed by atoms with Crippen molar-refractivity contribution in [3.8, 4) is 0 Å². The van der Waals surface area contributed by atoms with Gasteiger partial charge < -0.3 is 10.4 Å². The lowest BCUT2D eigenvalue weighted by Gasteiger charge is -2.36. The van der Waals surface area contributed by atoms with E-state index in [4.69, 9.17) is 0 Å². The third kappa shape index (κ3) is 4.05. The molecule has 1 saturated carbocycles. The van der Waals surface area contributed by atoms with Crippen LogP contribution in [-0.2, 0) is 6.42 Å². The molecule has 2 rings (SSSR count). The van der Waals surface area contributed by atoms with E-state index in [1.54, 1.807) is 11.3 Å². The molecule has 2 N–H and O–H groups in total. The van der Waals surface area contributed by atoms with Gasteiger partial charge in [-0.2, -0.15) is 0 Å². The quantitative estimate of drug-likeness (QED) is 0.861. The highest BCUT2D eigenvalue weighted by Gasteiger charge is 2.33. The summed E-state index contributed by atoms with van der Waals surface area (Å²) in [5.41, 5.74) is -0.477. The lowest BCUT2D eigenvalue weighted by Crippen LogP contribution is -2.42. The van der Waals surface area contributed by atoms with Crippen molar-refractivity contribution in [1.29, 1.82) is 0 Å². The Balaban J connectivity index is 1.83. The highest BCUT2D eigenvalue weighted by Crippen LogP contribution is 2.34. The van der Waals surface area contributed by atoms with Gasteiger partial charge in [-0.1, -0.05) is 6.92 Å². The number of hydrogen-bond donors (Lipinski definition) is 2. The predicted octanol–water partition coefficient (Wildman–Crippen LogP) is 3.73. The number of halogens is 1. The molecule has 0 bridgehead atoms. The average Bonchev–Trinajstić information content (AvgIpc) is 2.74. The van der Waals surface area contributed by atoms with Crippen LogP contribution in [0.15, 0.2) is 15.9 Å². The molecule has 1 aliphatic rings. The van der Waals surface area contributed by atoms with Crippen LogP contribution in [0.3, 0.4) is 0 Å². The van der Waals surface area contributed by atoms with Gasteiger partial charge in [0.1, 0.15) is 0 Å². The minimum atomic E-state index is -0.477. The van der Waals surface area contributed by atoms with Gasteiger partial charge in [0.15, 0.2) is 0 Å². The molecule has 0 amide bonds. The van der Waals surface area contributed by atoms with Crippen molar-refractivity contribution in [3.05, 3.63) is 20.8 Å². The summed E-state index contributed by atoms with van der Waals surface area (Å²) in [6.45, 7) is 3.29. The fourth-order valence-electron chi connectivity index (χ4n) is 2.66. The number of aliphatic hydroxyl groups is 1. The Morgan fingerprint density at radius 2 is 2.17 bits per heavy atom. The van der Waals surface area contributed by atoms with Crippen LogP contribution in [0, 0.1) is 0 Å². The molecule has 1 aromatic rings. The van der Waals surface area contributed by atoms with E-state index in [0.29, 0.717) is 6.04 Å². The number of thiophene rings is 1. The zero-order valence-electron chi connectivity index (χ0n) is 10.9. The summed E-state index contributed by atoms with van der Waals surface area (Å²) < 4.78 is 1.15. The summed E-state index contributed by atoms with van der Waals surface area (Å²) in [6.07, 6.45) is 6.04. The fourth-order valence-corrected chi connectivity index (χ4v) is 4.27. The van der Waals surface area contributed by atoms with Gasteiger partial charge in [-0.25, -0.2) is 0 Å². The van der Waals surface area contributed by atoms with E-state index in [1.165, 1.54) is 11.3 Å². The molecule has 0 saturated heterocycles. The van der Waals surface area contributed by atoms with Crippen molar-refractivity contribution in [2.24, 2.45) is 0 Å². The van der Waals surface area contributed by atoms with Crippen LogP contribution in [0.25, 0.3) is 0 Å². The van der Waals surface area contributed by atoms with Gasteiger partial charge in [0, 0.05) is 17.3 Å². The summed E-state index contributed by atoms with van der Waals surface area (Å²) in [5, 5.41) is 14.2. The monoisotopic (exact) mass is 331 g/mol. The molecule has 102 valence electrons. The van der Waals surface area contributed by atoms with Crippen LogP contribution in [0.1, 0.15) is 43.9 Å². The topological polar surface area (TPSA) is 32.3 Å². The highest BCUT2D eigenvalue weighted by molar-refractivity contribution is 9.11. The minimum Gasteiger partial charge on any atom is -0.390 e. The van der Waals surface area contributed by atoms with Crippen LogP contribution in [0.5, 0.6) is 0 Å². The molecule has 18 heavy (non-hydrogen) atoms. The molecule has 1 heterocycles. The van der Waals surface area contributed by atoms with Crippen molar-refractivity contribution in [2.45, 2.75) is 57.1 Å². The molecule has 4 heteroatoms. The van der Waals surface area contributed by atoms with Gasteiger partial charge in [0.2, 0.25) is 0 Å². The van der Waals surface area contributed by atoms with Gasteiger partial charge in [-0.05, 0) is 66.7 Å². The van der Waals surface area contributed by atoms with Gasteiger partial charge in [0.25, 0.3) is 0 Å². The second-order valence-electron chi connectivity index (χ2n) is 5.34. The van der Waals surface area contributed by atoms with Gasteiger partial charge in [-0.3, -0.25) is 0 Å². The number of hydrogen-bond acceptors (Lipinski definition) is 3. The van der Waals surface area contributed by atoms with E-state index >= 15 is 0 Å².